The smallest absolute Gasteiger partial charge is 0.437 e. The van der Waals surface area contributed by atoms with Crippen LogP contribution in [-0.4, -0.2) is 53.5 Å². The van der Waals surface area contributed by atoms with E-state index >= 15 is 0 Å². The van der Waals surface area contributed by atoms with Crippen molar-refractivity contribution < 1.29 is 41.3 Å². The number of likely N-dealkylation sites (tertiary alicyclic amines) is 1. The average Bonchev–Trinajstić information content (AvgIpc) is 2.51. The van der Waals surface area contributed by atoms with Gasteiger partial charge in [-0.3, -0.25) is 0 Å². The molecule has 1 aromatic rings. The molecule has 0 spiro atoms. The zero-order valence-corrected chi connectivity index (χ0v) is 12.7. The van der Waals surface area contributed by atoms with Crippen molar-refractivity contribution in [2.45, 2.75) is 25.3 Å². The Bertz CT molecular complexity index is 599. The maximum Gasteiger partial charge on any atom is 0.437 e. The molecular formula is C14H15F5N2O4. The minimum absolute atomic E-state index is 0.0374. The van der Waals surface area contributed by atoms with Crippen LogP contribution in [0.5, 0.6) is 5.75 Å². The predicted molar refractivity (Wildman–Crippen MR) is 73.3 cm³/mol. The third-order valence-electron chi connectivity index (χ3n) is 3.58. The molecule has 2 unspecified atom stereocenters. The van der Waals surface area contributed by atoms with E-state index in [0.29, 0.717) is 0 Å². The first-order valence-electron chi connectivity index (χ1n) is 7.23. The summed E-state index contributed by atoms with van der Waals surface area (Å²) < 4.78 is 72.8. The molecule has 1 aromatic heterocycles. The Kier molecular flexibility index (Phi) is 5.98. The van der Waals surface area contributed by atoms with Gasteiger partial charge in [-0.15, -0.1) is 0 Å². The summed E-state index contributed by atoms with van der Waals surface area (Å²) in [5.41, 5.74) is -1.21. The van der Waals surface area contributed by atoms with E-state index in [-0.39, 0.29) is 26.1 Å². The Morgan fingerprint density at radius 2 is 2.12 bits per heavy atom. The van der Waals surface area contributed by atoms with E-state index in [0.717, 1.165) is 17.2 Å². The first-order chi connectivity index (χ1) is 11.7. The van der Waals surface area contributed by atoms with Crippen molar-refractivity contribution in [1.82, 2.24) is 9.88 Å². The number of halogens is 5. The molecule has 1 N–H and O–H groups in total. The van der Waals surface area contributed by atoms with Gasteiger partial charge in [-0.25, -0.2) is 9.78 Å². The molecule has 2 atom stereocenters. The summed E-state index contributed by atoms with van der Waals surface area (Å²) in [6.45, 7) is -3.66. The molecular weight excluding hydrogens is 355 g/mol. The van der Waals surface area contributed by atoms with Crippen LogP contribution in [0.1, 0.15) is 12.1 Å². The van der Waals surface area contributed by atoms with Crippen LogP contribution < -0.4 is 4.74 Å². The van der Waals surface area contributed by atoms with Crippen LogP contribution in [0.3, 0.4) is 0 Å². The molecule has 140 valence electrons. The molecule has 0 radical (unpaired) electrons. The minimum Gasteiger partial charge on any atom is -0.491 e. The summed E-state index contributed by atoms with van der Waals surface area (Å²) in [5, 5.41) is 9.03. The van der Waals surface area contributed by atoms with Crippen molar-refractivity contribution in [1.29, 1.82) is 0 Å². The zero-order valence-electron chi connectivity index (χ0n) is 12.7. The summed E-state index contributed by atoms with van der Waals surface area (Å²) >= 11 is 0. The van der Waals surface area contributed by atoms with E-state index < -0.39 is 42.3 Å². The molecule has 2 heterocycles. The number of carbonyl (C=O) groups is 1. The van der Waals surface area contributed by atoms with Gasteiger partial charge in [0.05, 0.1) is 19.3 Å². The molecule has 0 saturated carbocycles. The van der Waals surface area contributed by atoms with Crippen LogP contribution >= 0.6 is 0 Å². The van der Waals surface area contributed by atoms with Crippen molar-refractivity contribution in [3.05, 3.63) is 24.0 Å². The number of rotatable bonds is 5. The van der Waals surface area contributed by atoms with Gasteiger partial charge in [0.25, 0.3) is 0 Å². The van der Waals surface area contributed by atoms with Gasteiger partial charge in [-0.2, -0.15) is 22.0 Å². The first kappa shape index (κ1) is 19.2. The van der Waals surface area contributed by atoms with Crippen LogP contribution in [0.4, 0.5) is 26.7 Å². The van der Waals surface area contributed by atoms with Crippen molar-refractivity contribution in [2.75, 3.05) is 19.7 Å². The number of alkyl halides is 5. The second kappa shape index (κ2) is 7.81. The van der Waals surface area contributed by atoms with Crippen LogP contribution in [0.15, 0.2) is 18.3 Å². The molecule has 1 fully saturated rings. The lowest BCUT2D eigenvalue weighted by Gasteiger charge is -2.35. The monoisotopic (exact) mass is 370 g/mol. The molecule has 1 saturated heterocycles. The fraction of sp³-hybridized carbons (Fsp3) is 0.571. The third-order valence-corrected chi connectivity index (χ3v) is 3.58. The molecule has 25 heavy (non-hydrogen) atoms. The number of aromatic nitrogens is 1. The van der Waals surface area contributed by atoms with E-state index in [1.165, 1.54) is 6.07 Å². The largest absolute Gasteiger partial charge is 0.491 e. The Morgan fingerprint density at radius 1 is 1.40 bits per heavy atom. The van der Waals surface area contributed by atoms with Gasteiger partial charge in [-0.05, 0) is 18.6 Å². The lowest BCUT2D eigenvalue weighted by Crippen LogP contribution is -2.48. The van der Waals surface area contributed by atoms with Crippen molar-refractivity contribution >= 4 is 6.09 Å². The Morgan fingerprint density at radius 3 is 2.72 bits per heavy atom. The summed E-state index contributed by atoms with van der Waals surface area (Å²) in [6, 6.07) is 2.35. The topological polar surface area (TPSA) is 71.9 Å². The van der Waals surface area contributed by atoms with Crippen molar-refractivity contribution in [2.24, 2.45) is 5.92 Å². The van der Waals surface area contributed by atoms with Gasteiger partial charge < -0.3 is 19.5 Å². The van der Waals surface area contributed by atoms with E-state index in [2.05, 4.69) is 9.72 Å². The lowest BCUT2D eigenvalue weighted by atomic mass is 9.97. The van der Waals surface area contributed by atoms with Crippen LogP contribution in [0.25, 0.3) is 0 Å². The number of hydrogen-bond acceptors (Lipinski definition) is 4. The standard InChI is InChI=1S/C14H15F5N2O4/c15-12(16)25-9-4-8(5-21(6-9)13(22)23)7-24-10-2-1-3-20-11(10)14(17,18)19/h1-3,8-9,12H,4-7H2,(H,22,23). The van der Waals surface area contributed by atoms with E-state index in [4.69, 9.17) is 9.84 Å². The maximum atomic E-state index is 12.9. The zero-order chi connectivity index (χ0) is 18.6. The molecule has 2 rings (SSSR count). The molecule has 1 aliphatic rings. The van der Waals surface area contributed by atoms with Gasteiger partial charge >= 0.3 is 18.9 Å². The number of pyridine rings is 1. The van der Waals surface area contributed by atoms with Crippen LogP contribution in [0, 0.1) is 5.92 Å². The van der Waals surface area contributed by atoms with Crippen LogP contribution in [-0.2, 0) is 10.9 Å². The van der Waals surface area contributed by atoms with Gasteiger partial charge in [0.15, 0.2) is 5.69 Å². The highest BCUT2D eigenvalue weighted by Crippen LogP contribution is 2.34. The number of carboxylic acid groups (broad SMARTS) is 1. The van der Waals surface area contributed by atoms with Gasteiger partial charge in [0.1, 0.15) is 5.75 Å². The molecule has 0 aliphatic carbocycles. The van der Waals surface area contributed by atoms with Gasteiger partial charge in [0.2, 0.25) is 0 Å². The quantitative estimate of drug-likeness (QED) is 0.807. The Hall–Kier alpha value is -2.17. The summed E-state index contributed by atoms with van der Waals surface area (Å²) in [5.74, 6) is -1.11. The normalized spacial score (nSPS) is 21.4. The van der Waals surface area contributed by atoms with E-state index in [9.17, 15) is 26.7 Å². The summed E-state index contributed by atoms with van der Waals surface area (Å²) in [4.78, 5) is 15.2. The van der Waals surface area contributed by atoms with Crippen molar-refractivity contribution in [3.8, 4) is 5.75 Å². The fourth-order valence-electron chi connectivity index (χ4n) is 2.60. The predicted octanol–water partition coefficient (Wildman–Crippen LogP) is 3.09. The molecule has 0 bridgehead atoms. The van der Waals surface area contributed by atoms with Crippen molar-refractivity contribution in [3.63, 3.8) is 0 Å². The molecule has 1 aliphatic heterocycles. The highest BCUT2D eigenvalue weighted by atomic mass is 19.4. The van der Waals surface area contributed by atoms with Crippen LogP contribution in [0.2, 0.25) is 0 Å². The highest BCUT2D eigenvalue weighted by molar-refractivity contribution is 5.65. The highest BCUT2D eigenvalue weighted by Gasteiger charge is 2.37. The third kappa shape index (κ3) is 5.41. The number of ether oxygens (including phenoxy) is 2. The second-order valence-corrected chi connectivity index (χ2v) is 5.47. The average molecular weight is 370 g/mol. The number of amides is 1. The number of hydrogen-bond donors (Lipinski definition) is 1. The second-order valence-electron chi connectivity index (χ2n) is 5.47. The maximum absolute atomic E-state index is 12.9. The molecule has 1 amide bonds. The SMILES string of the molecule is O=C(O)N1CC(COc2cccnc2C(F)(F)F)CC(OC(F)F)C1. The summed E-state index contributed by atoms with van der Waals surface area (Å²) in [6.07, 6.45) is -6.10. The van der Waals surface area contributed by atoms with Gasteiger partial charge in [-0.1, -0.05) is 0 Å². The molecule has 6 nitrogen and oxygen atoms in total. The van der Waals surface area contributed by atoms with E-state index in [1.54, 1.807) is 0 Å². The lowest BCUT2D eigenvalue weighted by molar-refractivity contribution is -0.178. The summed E-state index contributed by atoms with van der Waals surface area (Å²) in [7, 11) is 0. The number of nitrogens with zero attached hydrogens (tertiary/aromatic N) is 2. The Balaban J connectivity index is 2.05. The van der Waals surface area contributed by atoms with E-state index in [1.807, 2.05) is 0 Å². The first-order valence-corrected chi connectivity index (χ1v) is 7.23. The number of piperidine rings is 1. The molecule has 0 aromatic carbocycles. The fourth-order valence-corrected chi connectivity index (χ4v) is 2.60. The Labute approximate surface area is 139 Å². The molecule has 11 heteroatoms. The minimum atomic E-state index is -4.71. The van der Waals surface area contributed by atoms with Gasteiger partial charge in [0, 0.05) is 18.7 Å².